The number of nitrogens with zero attached hydrogens (tertiary/aromatic N) is 2. The third kappa shape index (κ3) is 5.09. The number of H-pyrrole nitrogens is 1. The van der Waals surface area contributed by atoms with Crippen molar-refractivity contribution >= 4 is 22.9 Å². The third-order valence-corrected chi connectivity index (χ3v) is 8.00. The normalized spacial score (nSPS) is 25.9. The van der Waals surface area contributed by atoms with Gasteiger partial charge < -0.3 is 20.5 Å². The fourth-order valence-electron chi connectivity index (χ4n) is 5.77. The van der Waals surface area contributed by atoms with Crippen LogP contribution in [0.3, 0.4) is 0 Å². The Morgan fingerprint density at radius 1 is 1.11 bits per heavy atom. The molecule has 7 nitrogen and oxygen atoms in total. The van der Waals surface area contributed by atoms with Gasteiger partial charge in [0.2, 0.25) is 5.56 Å². The predicted octanol–water partition coefficient (Wildman–Crippen LogP) is 4.22. The summed E-state index contributed by atoms with van der Waals surface area (Å²) in [6.45, 7) is 5.17. The zero-order valence-corrected chi connectivity index (χ0v) is 21.5. The van der Waals surface area contributed by atoms with Crippen molar-refractivity contribution in [2.24, 2.45) is 0 Å². The van der Waals surface area contributed by atoms with Crippen molar-refractivity contribution in [2.75, 3.05) is 30.4 Å². The van der Waals surface area contributed by atoms with Crippen LogP contribution in [0, 0.1) is 5.82 Å². The van der Waals surface area contributed by atoms with Crippen LogP contribution in [0.5, 0.6) is 0 Å². The van der Waals surface area contributed by atoms with Gasteiger partial charge in [-0.25, -0.2) is 4.39 Å². The second-order valence-electron chi connectivity index (χ2n) is 10.6. The van der Waals surface area contributed by atoms with Gasteiger partial charge in [-0.1, -0.05) is 6.08 Å². The number of halogens is 4. The highest BCUT2D eigenvalue weighted by atomic mass is 19.4. The Morgan fingerprint density at radius 3 is 2.47 bits per heavy atom. The Hall–Kier alpha value is -3.18. The number of carbonyl (C=O) groups excluding carboxylic acids is 1. The molecule has 2 aromatic rings. The average Bonchev–Trinajstić information content (AvgIpc) is 3.19. The monoisotopic (exact) mass is 533 g/mol. The van der Waals surface area contributed by atoms with Crippen molar-refractivity contribution in [3.8, 4) is 0 Å². The lowest BCUT2D eigenvalue weighted by molar-refractivity contribution is -0.138. The van der Waals surface area contributed by atoms with E-state index in [0.29, 0.717) is 36.8 Å². The minimum atomic E-state index is -4.90. The number of fused-ring (bicyclic) bond motifs is 2. The number of aromatic amines is 1. The van der Waals surface area contributed by atoms with Gasteiger partial charge in [0.15, 0.2) is 0 Å². The van der Waals surface area contributed by atoms with Crippen LogP contribution in [0.25, 0.3) is 5.57 Å². The molecule has 5 rings (SSSR count). The van der Waals surface area contributed by atoms with Gasteiger partial charge in [0.05, 0.1) is 22.5 Å². The van der Waals surface area contributed by atoms with Gasteiger partial charge >= 0.3 is 6.18 Å². The maximum Gasteiger partial charge on any atom is 0.417 e. The summed E-state index contributed by atoms with van der Waals surface area (Å²) in [5, 5.41) is 6.08. The summed E-state index contributed by atoms with van der Waals surface area (Å²) in [5.74, 6) is -1.48. The number of nitrogens with one attached hydrogen (secondary N) is 3. The quantitative estimate of drug-likeness (QED) is 0.513. The molecule has 4 unspecified atom stereocenters. The SMILES string of the molecule is CC1CN(c2cc(F)c(C3=CC4CCC(C3)N4)cc2NC(=O)c2c[nH]c(=O)cc2C(F)(F)F)CC(C)N1C. The smallest absolute Gasteiger partial charge is 0.367 e. The van der Waals surface area contributed by atoms with E-state index in [0.717, 1.165) is 24.6 Å². The number of likely N-dealkylation sites (N-methyl/N-ethyl adjacent to an activating group) is 1. The average molecular weight is 534 g/mol. The molecule has 3 aliphatic heterocycles. The van der Waals surface area contributed by atoms with E-state index in [-0.39, 0.29) is 29.9 Å². The van der Waals surface area contributed by atoms with Crippen molar-refractivity contribution in [3.63, 3.8) is 0 Å². The molecule has 2 saturated heterocycles. The molecular formula is C27H31F4N5O2. The lowest BCUT2D eigenvalue weighted by atomic mass is 9.94. The van der Waals surface area contributed by atoms with Crippen molar-refractivity contribution in [3.05, 3.63) is 63.3 Å². The van der Waals surface area contributed by atoms with E-state index in [4.69, 9.17) is 0 Å². The van der Waals surface area contributed by atoms with Crippen molar-refractivity contribution in [1.82, 2.24) is 15.2 Å². The molecule has 2 fully saturated rings. The number of rotatable bonds is 4. The first kappa shape index (κ1) is 26.4. The molecule has 1 aromatic carbocycles. The number of piperazine rings is 1. The van der Waals surface area contributed by atoms with Gasteiger partial charge in [-0.15, -0.1) is 0 Å². The Kier molecular flexibility index (Phi) is 6.85. The van der Waals surface area contributed by atoms with E-state index in [1.54, 1.807) is 0 Å². The first-order chi connectivity index (χ1) is 17.9. The highest BCUT2D eigenvalue weighted by Gasteiger charge is 2.37. The number of alkyl halides is 3. The van der Waals surface area contributed by atoms with Crippen LogP contribution in [0.4, 0.5) is 28.9 Å². The fourth-order valence-corrected chi connectivity index (χ4v) is 5.77. The minimum absolute atomic E-state index is 0.129. The molecule has 0 aliphatic carbocycles. The van der Waals surface area contributed by atoms with Gasteiger partial charge in [-0.3, -0.25) is 14.5 Å². The molecule has 0 spiro atoms. The molecule has 204 valence electrons. The number of benzene rings is 1. The zero-order chi connectivity index (χ0) is 27.4. The summed E-state index contributed by atoms with van der Waals surface area (Å²) in [6.07, 6.45) is 0.424. The molecular weight excluding hydrogens is 502 g/mol. The largest absolute Gasteiger partial charge is 0.417 e. The number of pyridine rings is 1. The predicted molar refractivity (Wildman–Crippen MR) is 138 cm³/mol. The number of hydrogen-bond donors (Lipinski definition) is 3. The number of amides is 1. The second kappa shape index (κ2) is 9.85. The molecule has 0 radical (unpaired) electrons. The number of carbonyl (C=O) groups is 1. The first-order valence-corrected chi connectivity index (χ1v) is 12.8. The number of anilines is 2. The Balaban J connectivity index is 1.57. The summed E-state index contributed by atoms with van der Waals surface area (Å²) in [4.78, 5) is 31.1. The molecule has 3 aliphatic rings. The van der Waals surface area contributed by atoms with E-state index in [2.05, 4.69) is 20.5 Å². The van der Waals surface area contributed by atoms with Gasteiger partial charge in [-0.2, -0.15) is 13.2 Å². The van der Waals surface area contributed by atoms with Crippen molar-refractivity contribution < 1.29 is 22.4 Å². The van der Waals surface area contributed by atoms with Crippen molar-refractivity contribution in [1.29, 1.82) is 0 Å². The van der Waals surface area contributed by atoms with Gasteiger partial charge in [0.1, 0.15) is 5.82 Å². The summed E-state index contributed by atoms with van der Waals surface area (Å²) >= 11 is 0. The third-order valence-electron chi connectivity index (χ3n) is 8.00. The fraction of sp³-hybridized carbons (Fsp3) is 0.481. The van der Waals surface area contributed by atoms with Gasteiger partial charge in [-0.05, 0) is 57.9 Å². The molecule has 4 atom stereocenters. The lowest BCUT2D eigenvalue weighted by Gasteiger charge is -2.44. The molecule has 38 heavy (non-hydrogen) atoms. The Labute approximate surface area is 217 Å². The van der Waals surface area contributed by atoms with Crippen LogP contribution in [0.1, 0.15) is 54.6 Å². The first-order valence-electron chi connectivity index (χ1n) is 12.8. The van der Waals surface area contributed by atoms with Gasteiger partial charge in [0.25, 0.3) is 5.91 Å². The molecule has 3 N–H and O–H groups in total. The highest BCUT2D eigenvalue weighted by molar-refractivity contribution is 6.07. The van der Waals surface area contributed by atoms with Gasteiger partial charge in [0, 0.05) is 55.1 Å². The highest BCUT2D eigenvalue weighted by Crippen LogP contribution is 2.39. The van der Waals surface area contributed by atoms with Crippen molar-refractivity contribution in [2.45, 2.75) is 63.5 Å². The van der Waals surface area contributed by atoms with E-state index in [1.165, 1.54) is 12.1 Å². The lowest BCUT2D eigenvalue weighted by Crippen LogP contribution is -2.55. The molecule has 1 aromatic heterocycles. The Morgan fingerprint density at radius 2 is 1.82 bits per heavy atom. The standard InChI is InChI=1S/C27H31F4N5O2/c1-14-12-36(13-15(2)35(14)3)24-10-22(28)19(16-6-17-4-5-18(7-16)33-17)8-23(24)34-26(38)20-11-32-25(37)9-21(20)27(29,30)31/h6,8-11,14-15,17-18,33H,4-5,7,12-13H2,1-3H3,(H,32,37)(H,34,38). The molecule has 11 heteroatoms. The topological polar surface area (TPSA) is 80.5 Å². The maximum atomic E-state index is 15.6. The maximum absolute atomic E-state index is 15.6. The summed E-state index contributed by atoms with van der Waals surface area (Å²) in [6, 6.07) is 3.92. The van der Waals surface area contributed by atoms with E-state index < -0.39 is 34.6 Å². The minimum Gasteiger partial charge on any atom is -0.367 e. The second-order valence-corrected chi connectivity index (χ2v) is 10.6. The van der Waals surface area contributed by atoms with Crippen LogP contribution in [0.15, 0.2) is 35.3 Å². The van der Waals surface area contributed by atoms with Crippen LogP contribution >= 0.6 is 0 Å². The van der Waals surface area contributed by atoms with E-state index in [1.807, 2.05) is 31.9 Å². The Bertz CT molecular complexity index is 1330. The summed E-state index contributed by atoms with van der Waals surface area (Å²) in [7, 11) is 2.01. The number of hydrogen-bond acceptors (Lipinski definition) is 5. The summed E-state index contributed by atoms with van der Waals surface area (Å²) in [5.41, 5.74) is -1.24. The summed E-state index contributed by atoms with van der Waals surface area (Å²) < 4.78 is 56.6. The van der Waals surface area contributed by atoms with Crippen LogP contribution in [-0.2, 0) is 6.18 Å². The molecule has 4 heterocycles. The van der Waals surface area contributed by atoms with Crippen LogP contribution in [0.2, 0.25) is 0 Å². The molecule has 0 saturated carbocycles. The molecule has 1 amide bonds. The van der Waals surface area contributed by atoms with Crippen LogP contribution < -0.4 is 21.1 Å². The number of aromatic nitrogens is 1. The van der Waals surface area contributed by atoms with Crippen LogP contribution in [-0.4, -0.2) is 60.1 Å². The zero-order valence-electron chi connectivity index (χ0n) is 21.5. The molecule has 2 bridgehead atoms. The van der Waals surface area contributed by atoms with E-state index in [9.17, 15) is 22.8 Å². The van der Waals surface area contributed by atoms with E-state index >= 15 is 4.39 Å².